The van der Waals surface area contributed by atoms with Crippen molar-refractivity contribution in [1.29, 1.82) is 0 Å². The van der Waals surface area contributed by atoms with E-state index in [2.05, 4.69) is 10.6 Å². The van der Waals surface area contributed by atoms with Gasteiger partial charge in [-0.25, -0.2) is 4.79 Å². The first-order chi connectivity index (χ1) is 9.66. The number of benzene rings is 1. The molecule has 1 amide bonds. The first kappa shape index (κ1) is 14.5. The Hall–Kier alpha value is -1.92. The molecule has 2 rings (SSSR count). The fourth-order valence-corrected chi connectivity index (χ4v) is 2.05. The molecule has 6 nitrogen and oxygen atoms in total. The average Bonchev–Trinajstić information content (AvgIpc) is 2.48. The summed E-state index contributed by atoms with van der Waals surface area (Å²) in [6.45, 7) is 1.56. The minimum atomic E-state index is -1.05. The lowest BCUT2D eigenvalue weighted by molar-refractivity contribution is -0.144. The van der Waals surface area contributed by atoms with Gasteiger partial charge >= 0.3 is 5.97 Å². The minimum absolute atomic E-state index is 0.252. The highest BCUT2D eigenvalue weighted by Crippen LogP contribution is 2.05. The van der Waals surface area contributed by atoms with Crippen LogP contribution in [-0.4, -0.2) is 48.8 Å². The van der Waals surface area contributed by atoms with Crippen molar-refractivity contribution < 1.29 is 19.4 Å². The summed E-state index contributed by atoms with van der Waals surface area (Å²) >= 11 is 0. The van der Waals surface area contributed by atoms with Crippen molar-refractivity contribution in [3.8, 4) is 0 Å². The summed E-state index contributed by atoms with van der Waals surface area (Å²) < 4.78 is 5.30. The quantitative estimate of drug-likeness (QED) is 0.693. The van der Waals surface area contributed by atoms with Crippen molar-refractivity contribution in [2.24, 2.45) is 0 Å². The van der Waals surface area contributed by atoms with Gasteiger partial charge in [0.1, 0.15) is 12.1 Å². The third kappa shape index (κ3) is 4.04. The first-order valence-electron chi connectivity index (χ1n) is 6.56. The standard InChI is InChI=1S/C14H18N2O4/c17-13(12-9-15-6-7-20-12)16-11(14(18)19)8-10-4-2-1-3-5-10/h1-5,11-12,15H,6-9H2,(H,16,17)(H,18,19). The van der Waals surface area contributed by atoms with E-state index in [0.29, 0.717) is 19.7 Å². The number of aliphatic carboxylic acids is 1. The molecule has 0 aliphatic carbocycles. The van der Waals surface area contributed by atoms with E-state index in [-0.39, 0.29) is 12.3 Å². The maximum absolute atomic E-state index is 12.0. The molecule has 1 aliphatic rings. The average molecular weight is 278 g/mol. The maximum Gasteiger partial charge on any atom is 0.326 e. The SMILES string of the molecule is O=C(O)C(Cc1ccccc1)NC(=O)C1CNCCO1. The number of rotatable bonds is 5. The van der Waals surface area contributed by atoms with E-state index in [4.69, 9.17) is 4.74 Å². The fraction of sp³-hybridized carbons (Fsp3) is 0.429. The van der Waals surface area contributed by atoms with Crippen LogP contribution in [0.3, 0.4) is 0 Å². The largest absolute Gasteiger partial charge is 0.480 e. The van der Waals surface area contributed by atoms with Crippen LogP contribution in [0.4, 0.5) is 0 Å². The van der Waals surface area contributed by atoms with Crippen molar-refractivity contribution in [2.45, 2.75) is 18.6 Å². The van der Waals surface area contributed by atoms with E-state index in [1.54, 1.807) is 0 Å². The van der Waals surface area contributed by atoms with Crippen molar-refractivity contribution in [1.82, 2.24) is 10.6 Å². The molecule has 6 heteroatoms. The van der Waals surface area contributed by atoms with Gasteiger partial charge in [-0.1, -0.05) is 30.3 Å². The van der Waals surface area contributed by atoms with Gasteiger partial charge in [0.25, 0.3) is 5.91 Å². The normalized spacial score (nSPS) is 20.1. The Kier molecular flexibility index (Phi) is 5.09. The predicted octanol–water partition coefficient (Wildman–Crippen LogP) is -0.213. The molecule has 0 saturated carbocycles. The molecule has 108 valence electrons. The predicted molar refractivity (Wildman–Crippen MR) is 72.3 cm³/mol. The van der Waals surface area contributed by atoms with Crippen molar-refractivity contribution in [3.05, 3.63) is 35.9 Å². The molecule has 1 aromatic rings. The third-order valence-corrected chi connectivity index (χ3v) is 3.12. The monoisotopic (exact) mass is 278 g/mol. The van der Waals surface area contributed by atoms with E-state index in [0.717, 1.165) is 5.56 Å². The van der Waals surface area contributed by atoms with Gasteiger partial charge in [0.15, 0.2) is 0 Å². The lowest BCUT2D eigenvalue weighted by Gasteiger charge is -2.24. The summed E-state index contributed by atoms with van der Waals surface area (Å²) in [5.74, 6) is -1.44. The van der Waals surface area contributed by atoms with Gasteiger partial charge in [-0.05, 0) is 5.56 Å². The van der Waals surface area contributed by atoms with Gasteiger partial charge in [0, 0.05) is 19.5 Å². The second-order valence-electron chi connectivity index (χ2n) is 4.65. The number of ether oxygens (including phenoxy) is 1. The second kappa shape index (κ2) is 7.02. The highest BCUT2D eigenvalue weighted by molar-refractivity contribution is 5.86. The zero-order valence-electron chi connectivity index (χ0n) is 11.0. The third-order valence-electron chi connectivity index (χ3n) is 3.12. The van der Waals surface area contributed by atoms with Gasteiger partial charge in [0.05, 0.1) is 6.61 Å². The van der Waals surface area contributed by atoms with Crippen LogP contribution in [-0.2, 0) is 20.7 Å². The summed E-state index contributed by atoms with van der Waals surface area (Å²) in [4.78, 5) is 23.2. The zero-order chi connectivity index (χ0) is 14.4. The maximum atomic E-state index is 12.0. The molecule has 0 radical (unpaired) electrons. The Morgan fingerprint density at radius 3 is 2.75 bits per heavy atom. The number of hydrogen-bond donors (Lipinski definition) is 3. The number of morpholine rings is 1. The van der Waals surface area contributed by atoms with E-state index in [9.17, 15) is 14.7 Å². The van der Waals surface area contributed by atoms with Crippen molar-refractivity contribution in [2.75, 3.05) is 19.7 Å². The number of carbonyl (C=O) groups excluding carboxylic acids is 1. The Morgan fingerprint density at radius 2 is 2.15 bits per heavy atom. The smallest absolute Gasteiger partial charge is 0.326 e. The van der Waals surface area contributed by atoms with Gasteiger partial charge < -0.3 is 20.5 Å². The Bertz CT molecular complexity index is 458. The van der Waals surface area contributed by atoms with Crippen LogP contribution in [0.15, 0.2) is 30.3 Å². The van der Waals surface area contributed by atoms with Crippen molar-refractivity contribution >= 4 is 11.9 Å². The number of carboxylic acids is 1. The van der Waals surface area contributed by atoms with Gasteiger partial charge in [-0.3, -0.25) is 4.79 Å². The molecule has 0 bridgehead atoms. The fourth-order valence-electron chi connectivity index (χ4n) is 2.05. The van der Waals surface area contributed by atoms with Crippen LogP contribution < -0.4 is 10.6 Å². The Balaban J connectivity index is 1.95. The van der Waals surface area contributed by atoms with E-state index >= 15 is 0 Å². The highest BCUT2D eigenvalue weighted by atomic mass is 16.5. The van der Waals surface area contributed by atoms with Gasteiger partial charge in [-0.15, -0.1) is 0 Å². The Labute approximate surface area is 117 Å². The number of carboxylic acid groups (broad SMARTS) is 1. The van der Waals surface area contributed by atoms with Gasteiger partial charge in [-0.2, -0.15) is 0 Å². The molecule has 1 saturated heterocycles. The minimum Gasteiger partial charge on any atom is -0.480 e. The lowest BCUT2D eigenvalue weighted by Crippen LogP contribution is -2.52. The highest BCUT2D eigenvalue weighted by Gasteiger charge is 2.27. The summed E-state index contributed by atoms with van der Waals surface area (Å²) in [6.07, 6.45) is -0.372. The molecule has 2 atom stereocenters. The van der Waals surface area contributed by atoms with Gasteiger partial charge in [0.2, 0.25) is 0 Å². The molecule has 20 heavy (non-hydrogen) atoms. The number of carbonyl (C=O) groups is 2. The molecule has 0 aromatic heterocycles. The topological polar surface area (TPSA) is 87.7 Å². The molecule has 1 aromatic carbocycles. The van der Waals surface area contributed by atoms with Crippen LogP contribution in [0.5, 0.6) is 0 Å². The molecule has 0 spiro atoms. The summed E-state index contributed by atoms with van der Waals surface area (Å²) in [5.41, 5.74) is 0.864. The molecule has 3 N–H and O–H groups in total. The van der Waals surface area contributed by atoms with E-state index < -0.39 is 18.1 Å². The zero-order valence-corrected chi connectivity index (χ0v) is 11.0. The molecule has 1 heterocycles. The van der Waals surface area contributed by atoms with E-state index in [1.807, 2.05) is 30.3 Å². The number of amides is 1. The second-order valence-corrected chi connectivity index (χ2v) is 4.65. The van der Waals surface area contributed by atoms with Crippen molar-refractivity contribution in [3.63, 3.8) is 0 Å². The van der Waals surface area contributed by atoms with E-state index in [1.165, 1.54) is 0 Å². The summed E-state index contributed by atoms with van der Waals surface area (Å²) in [7, 11) is 0. The molecular weight excluding hydrogens is 260 g/mol. The van der Waals surface area contributed by atoms with Crippen LogP contribution in [0.2, 0.25) is 0 Å². The van der Waals surface area contributed by atoms with Crippen LogP contribution in [0.1, 0.15) is 5.56 Å². The summed E-state index contributed by atoms with van der Waals surface area (Å²) in [6, 6.07) is 8.26. The van der Waals surface area contributed by atoms with Crippen LogP contribution >= 0.6 is 0 Å². The molecule has 2 unspecified atom stereocenters. The lowest BCUT2D eigenvalue weighted by atomic mass is 10.1. The number of hydrogen-bond acceptors (Lipinski definition) is 4. The molecular formula is C14H18N2O4. The molecule has 1 aliphatic heterocycles. The van der Waals surface area contributed by atoms with Crippen LogP contribution in [0.25, 0.3) is 0 Å². The Morgan fingerprint density at radius 1 is 1.40 bits per heavy atom. The van der Waals surface area contributed by atoms with Crippen LogP contribution in [0, 0.1) is 0 Å². The first-order valence-corrected chi connectivity index (χ1v) is 6.56. The number of nitrogens with one attached hydrogen (secondary N) is 2. The molecule has 1 fully saturated rings. The summed E-state index contributed by atoms with van der Waals surface area (Å²) in [5, 5.41) is 14.8.